The smallest absolute Gasteiger partial charge is 0.255 e. The van der Waals surface area contributed by atoms with Crippen molar-refractivity contribution in [1.29, 1.82) is 0 Å². The number of halogens is 1. The molecule has 3 nitrogen and oxygen atoms in total. The summed E-state index contributed by atoms with van der Waals surface area (Å²) in [5, 5.41) is 2.86. The lowest BCUT2D eigenvalue weighted by Gasteiger charge is -2.06. The maximum Gasteiger partial charge on any atom is 0.255 e. The minimum absolute atomic E-state index is 0.114. The van der Waals surface area contributed by atoms with Crippen LogP contribution in [0.15, 0.2) is 53.0 Å². The van der Waals surface area contributed by atoms with E-state index in [0.717, 1.165) is 22.1 Å². The van der Waals surface area contributed by atoms with Crippen molar-refractivity contribution in [3.8, 4) is 0 Å². The summed E-state index contributed by atoms with van der Waals surface area (Å²) < 4.78 is 0.934. The molecule has 0 aromatic heterocycles. The number of rotatable bonds is 4. The lowest BCUT2D eigenvalue weighted by Crippen LogP contribution is -2.12. The summed E-state index contributed by atoms with van der Waals surface area (Å²) in [7, 11) is 0. The quantitative estimate of drug-likeness (QED) is 0.909. The highest BCUT2D eigenvalue weighted by atomic mass is 79.9. The van der Waals surface area contributed by atoms with Gasteiger partial charge in [0.2, 0.25) is 0 Å². The molecule has 0 atom stereocenters. The van der Waals surface area contributed by atoms with Crippen LogP contribution in [0.4, 0.5) is 5.69 Å². The lowest BCUT2D eigenvalue weighted by atomic mass is 10.1. The highest BCUT2D eigenvalue weighted by Gasteiger charge is 2.06. The molecular formula is C15H15BrN2O. The number of nitrogens with two attached hydrogens (primary N) is 1. The number of carbonyl (C=O) groups is 1. The number of hydrogen-bond donors (Lipinski definition) is 2. The second-order valence-corrected chi connectivity index (χ2v) is 5.12. The molecule has 0 heterocycles. The molecule has 0 saturated heterocycles. The molecule has 3 N–H and O–H groups in total. The van der Waals surface area contributed by atoms with Crippen molar-refractivity contribution in [3.63, 3.8) is 0 Å². The molecule has 0 bridgehead atoms. The van der Waals surface area contributed by atoms with Gasteiger partial charge < -0.3 is 11.1 Å². The Kier molecular flexibility index (Phi) is 4.71. The van der Waals surface area contributed by atoms with Crippen molar-refractivity contribution in [2.24, 2.45) is 5.73 Å². The molecule has 2 rings (SSSR count). The first-order valence-corrected chi connectivity index (χ1v) is 6.84. The molecule has 2 aromatic carbocycles. The summed E-state index contributed by atoms with van der Waals surface area (Å²) >= 11 is 3.37. The van der Waals surface area contributed by atoms with E-state index in [0.29, 0.717) is 12.1 Å². The Morgan fingerprint density at radius 3 is 2.53 bits per heavy atom. The van der Waals surface area contributed by atoms with Gasteiger partial charge in [-0.25, -0.2) is 0 Å². The van der Waals surface area contributed by atoms with Crippen LogP contribution >= 0.6 is 15.9 Å². The van der Waals surface area contributed by atoms with E-state index in [1.165, 1.54) is 0 Å². The molecule has 0 radical (unpaired) electrons. The second-order valence-electron chi connectivity index (χ2n) is 4.20. The van der Waals surface area contributed by atoms with Crippen LogP contribution in [-0.4, -0.2) is 12.5 Å². The first-order chi connectivity index (χ1) is 9.19. The molecule has 4 heteroatoms. The molecule has 0 fully saturated rings. The highest BCUT2D eigenvalue weighted by Crippen LogP contribution is 2.16. The third-order valence-corrected chi connectivity index (χ3v) is 3.22. The van der Waals surface area contributed by atoms with E-state index in [1.807, 2.05) is 48.5 Å². The Morgan fingerprint density at radius 1 is 1.16 bits per heavy atom. The molecule has 0 spiro atoms. The van der Waals surface area contributed by atoms with Gasteiger partial charge in [-0.05, 0) is 48.9 Å². The summed E-state index contributed by atoms with van der Waals surface area (Å²) in [4.78, 5) is 12.0. The number of carbonyl (C=O) groups excluding carboxylic acids is 1. The van der Waals surface area contributed by atoms with Crippen LogP contribution in [0.1, 0.15) is 15.9 Å². The summed E-state index contributed by atoms with van der Waals surface area (Å²) in [6.45, 7) is 0.615. The summed E-state index contributed by atoms with van der Waals surface area (Å²) in [5.74, 6) is -0.114. The van der Waals surface area contributed by atoms with E-state index in [4.69, 9.17) is 5.73 Å². The SMILES string of the molecule is NCCc1ccc(C(=O)Nc2cccc(Br)c2)cc1. The zero-order valence-corrected chi connectivity index (χ0v) is 12.0. The van der Waals surface area contributed by atoms with Crippen LogP contribution in [0.25, 0.3) is 0 Å². The first-order valence-electron chi connectivity index (χ1n) is 6.05. The minimum atomic E-state index is -0.114. The standard InChI is InChI=1S/C15H15BrN2O/c16-13-2-1-3-14(10-13)18-15(19)12-6-4-11(5-7-12)8-9-17/h1-7,10H,8-9,17H2,(H,18,19). The fourth-order valence-corrected chi connectivity index (χ4v) is 2.16. The van der Waals surface area contributed by atoms with Crippen LogP contribution in [0.5, 0.6) is 0 Å². The fraction of sp³-hybridized carbons (Fsp3) is 0.133. The van der Waals surface area contributed by atoms with Crippen LogP contribution in [0, 0.1) is 0 Å². The summed E-state index contributed by atoms with van der Waals surface area (Å²) in [6, 6.07) is 15.0. The van der Waals surface area contributed by atoms with E-state index in [9.17, 15) is 4.79 Å². The number of hydrogen-bond acceptors (Lipinski definition) is 2. The number of amides is 1. The average Bonchev–Trinajstić information content (AvgIpc) is 2.40. The van der Waals surface area contributed by atoms with Crippen LogP contribution in [-0.2, 0) is 6.42 Å². The molecule has 0 unspecified atom stereocenters. The predicted octanol–water partition coefficient (Wildman–Crippen LogP) is 3.20. The zero-order valence-electron chi connectivity index (χ0n) is 10.4. The van der Waals surface area contributed by atoms with E-state index in [-0.39, 0.29) is 5.91 Å². The molecule has 98 valence electrons. The second kappa shape index (κ2) is 6.50. The van der Waals surface area contributed by atoms with Crippen molar-refractivity contribution in [2.45, 2.75) is 6.42 Å². The van der Waals surface area contributed by atoms with E-state index in [2.05, 4.69) is 21.2 Å². The van der Waals surface area contributed by atoms with Gasteiger partial charge in [-0.2, -0.15) is 0 Å². The van der Waals surface area contributed by atoms with Crippen molar-refractivity contribution in [1.82, 2.24) is 0 Å². The van der Waals surface area contributed by atoms with Gasteiger partial charge in [0.05, 0.1) is 0 Å². The highest BCUT2D eigenvalue weighted by molar-refractivity contribution is 9.10. The molecular weight excluding hydrogens is 304 g/mol. The van der Waals surface area contributed by atoms with E-state index >= 15 is 0 Å². The third-order valence-electron chi connectivity index (χ3n) is 2.73. The largest absolute Gasteiger partial charge is 0.330 e. The lowest BCUT2D eigenvalue weighted by molar-refractivity contribution is 0.102. The fourth-order valence-electron chi connectivity index (χ4n) is 1.76. The Bertz CT molecular complexity index is 567. The van der Waals surface area contributed by atoms with Crippen LogP contribution < -0.4 is 11.1 Å². The monoisotopic (exact) mass is 318 g/mol. The van der Waals surface area contributed by atoms with Gasteiger partial charge in [-0.15, -0.1) is 0 Å². The van der Waals surface area contributed by atoms with Crippen molar-refractivity contribution >= 4 is 27.5 Å². The number of benzene rings is 2. The summed E-state index contributed by atoms with van der Waals surface area (Å²) in [6.07, 6.45) is 0.827. The molecule has 2 aromatic rings. The van der Waals surface area contributed by atoms with Crippen LogP contribution in [0.3, 0.4) is 0 Å². The topological polar surface area (TPSA) is 55.1 Å². The molecule has 0 aliphatic rings. The molecule has 0 aliphatic carbocycles. The first kappa shape index (κ1) is 13.8. The van der Waals surface area contributed by atoms with Gasteiger partial charge in [0.25, 0.3) is 5.91 Å². The molecule has 19 heavy (non-hydrogen) atoms. The van der Waals surface area contributed by atoms with Gasteiger partial charge in [0.15, 0.2) is 0 Å². The number of nitrogens with one attached hydrogen (secondary N) is 1. The zero-order chi connectivity index (χ0) is 13.7. The van der Waals surface area contributed by atoms with Crippen molar-refractivity contribution < 1.29 is 4.79 Å². The predicted molar refractivity (Wildman–Crippen MR) is 81.3 cm³/mol. The van der Waals surface area contributed by atoms with Gasteiger partial charge in [0, 0.05) is 15.7 Å². The van der Waals surface area contributed by atoms with Gasteiger partial charge in [0.1, 0.15) is 0 Å². The molecule has 0 saturated carbocycles. The Hall–Kier alpha value is -1.65. The van der Waals surface area contributed by atoms with E-state index < -0.39 is 0 Å². The average molecular weight is 319 g/mol. The maximum absolute atomic E-state index is 12.0. The van der Waals surface area contributed by atoms with Gasteiger partial charge in [-0.1, -0.05) is 34.1 Å². The molecule has 1 amide bonds. The Morgan fingerprint density at radius 2 is 1.89 bits per heavy atom. The van der Waals surface area contributed by atoms with Crippen molar-refractivity contribution in [2.75, 3.05) is 11.9 Å². The van der Waals surface area contributed by atoms with Gasteiger partial charge >= 0.3 is 0 Å². The van der Waals surface area contributed by atoms with Gasteiger partial charge in [-0.3, -0.25) is 4.79 Å². The van der Waals surface area contributed by atoms with E-state index in [1.54, 1.807) is 0 Å². The Labute approximate surface area is 121 Å². The normalized spacial score (nSPS) is 10.2. The Balaban J connectivity index is 2.07. The maximum atomic E-state index is 12.0. The van der Waals surface area contributed by atoms with Crippen molar-refractivity contribution in [3.05, 3.63) is 64.1 Å². The summed E-state index contributed by atoms with van der Waals surface area (Å²) in [5.41, 5.74) is 8.04. The number of anilines is 1. The third kappa shape index (κ3) is 3.91. The molecule has 0 aliphatic heterocycles. The minimum Gasteiger partial charge on any atom is -0.330 e. The van der Waals surface area contributed by atoms with Crippen LogP contribution in [0.2, 0.25) is 0 Å².